The molecule has 0 radical (unpaired) electrons. The van der Waals surface area contributed by atoms with Crippen LogP contribution < -0.4 is 0 Å². The van der Waals surface area contributed by atoms with Gasteiger partial charge in [-0.1, -0.05) is 0 Å². The second kappa shape index (κ2) is 6.58. The number of likely N-dealkylation sites (tertiary alicyclic amines) is 1. The van der Waals surface area contributed by atoms with Crippen LogP contribution in [-0.4, -0.2) is 78.6 Å². The summed E-state index contributed by atoms with van der Waals surface area (Å²) >= 11 is 0. The Labute approximate surface area is 108 Å². The van der Waals surface area contributed by atoms with E-state index >= 15 is 0 Å². The van der Waals surface area contributed by atoms with E-state index in [1.165, 1.54) is 4.90 Å². The van der Waals surface area contributed by atoms with Gasteiger partial charge < -0.3 is 19.8 Å². The summed E-state index contributed by atoms with van der Waals surface area (Å²) in [6.07, 6.45) is 2.22. The van der Waals surface area contributed by atoms with Gasteiger partial charge in [0.15, 0.2) is 0 Å². The van der Waals surface area contributed by atoms with Crippen molar-refractivity contribution < 1.29 is 14.7 Å². The number of nitrogens with zero attached hydrogens (tertiary/aromatic N) is 3. The Morgan fingerprint density at radius 2 is 1.94 bits per heavy atom. The van der Waals surface area contributed by atoms with Crippen molar-refractivity contribution in [2.45, 2.75) is 25.3 Å². The first-order chi connectivity index (χ1) is 8.43. The summed E-state index contributed by atoms with van der Waals surface area (Å²) in [5, 5.41) is 9.04. The van der Waals surface area contributed by atoms with E-state index in [4.69, 9.17) is 5.11 Å². The molecule has 6 nitrogen and oxygen atoms in total. The number of rotatable bonds is 5. The second-order valence-corrected chi connectivity index (χ2v) is 5.05. The van der Waals surface area contributed by atoms with Crippen LogP contribution in [0.15, 0.2) is 0 Å². The highest BCUT2D eigenvalue weighted by Crippen LogP contribution is 2.18. The molecule has 1 rings (SSSR count). The van der Waals surface area contributed by atoms with Gasteiger partial charge >= 0.3 is 12.0 Å². The largest absolute Gasteiger partial charge is 0.480 e. The zero-order valence-corrected chi connectivity index (χ0v) is 11.4. The molecule has 0 bridgehead atoms. The Hall–Kier alpha value is -1.30. The van der Waals surface area contributed by atoms with Crippen molar-refractivity contribution >= 4 is 12.0 Å². The average Bonchev–Trinajstić information content (AvgIpc) is 2.76. The fourth-order valence-corrected chi connectivity index (χ4v) is 2.19. The van der Waals surface area contributed by atoms with Crippen LogP contribution in [0.3, 0.4) is 0 Å². The Kier molecular flexibility index (Phi) is 5.40. The molecule has 1 atom stereocenters. The number of urea groups is 1. The predicted molar refractivity (Wildman–Crippen MR) is 68.6 cm³/mol. The van der Waals surface area contributed by atoms with Gasteiger partial charge in [0.25, 0.3) is 0 Å². The molecule has 0 unspecified atom stereocenters. The van der Waals surface area contributed by atoms with Gasteiger partial charge in [0.1, 0.15) is 6.04 Å². The van der Waals surface area contributed by atoms with Gasteiger partial charge in [-0.15, -0.1) is 0 Å². The lowest BCUT2D eigenvalue weighted by atomic mass is 10.2. The molecule has 1 fully saturated rings. The van der Waals surface area contributed by atoms with Crippen LogP contribution in [0.5, 0.6) is 0 Å². The first-order valence-electron chi connectivity index (χ1n) is 6.32. The Morgan fingerprint density at radius 3 is 2.50 bits per heavy atom. The normalized spacial score (nSPS) is 19.3. The molecule has 1 saturated heterocycles. The van der Waals surface area contributed by atoms with Gasteiger partial charge in [0, 0.05) is 20.1 Å². The van der Waals surface area contributed by atoms with E-state index < -0.39 is 12.0 Å². The number of aliphatic carboxylic acids is 1. The third-order valence-electron chi connectivity index (χ3n) is 3.21. The predicted octanol–water partition coefficient (Wildman–Crippen LogP) is 0.539. The molecule has 0 aromatic rings. The van der Waals surface area contributed by atoms with Crippen molar-refractivity contribution in [2.75, 3.05) is 40.8 Å². The number of carboxylic acids is 1. The van der Waals surface area contributed by atoms with Crippen LogP contribution in [-0.2, 0) is 4.79 Å². The number of amides is 2. The van der Waals surface area contributed by atoms with Crippen molar-refractivity contribution in [3.63, 3.8) is 0 Å². The molecule has 1 heterocycles. The fourth-order valence-electron chi connectivity index (χ4n) is 2.19. The number of carbonyl (C=O) groups excluding carboxylic acids is 1. The van der Waals surface area contributed by atoms with E-state index in [2.05, 4.69) is 4.90 Å². The van der Waals surface area contributed by atoms with Crippen molar-refractivity contribution in [1.82, 2.24) is 14.7 Å². The molecule has 1 aliphatic heterocycles. The molecule has 0 saturated carbocycles. The van der Waals surface area contributed by atoms with Crippen molar-refractivity contribution in [1.29, 1.82) is 0 Å². The van der Waals surface area contributed by atoms with E-state index in [1.807, 2.05) is 14.1 Å². The molecule has 0 aromatic carbocycles. The maximum absolute atomic E-state index is 12.1. The molecule has 0 spiro atoms. The minimum Gasteiger partial charge on any atom is -0.480 e. The molecular formula is C12H23N3O3. The van der Waals surface area contributed by atoms with E-state index in [9.17, 15) is 9.59 Å². The first-order valence-corrected chi connectivity index (χ1v) is 6.32. The number of carbonyl (C=O) groups is 2. The Morgan fingerprint density at radius 1 is 1.28 bits per heavy atom. The van der Waals surface area contributed by atoms with Crippen LogP contribution >= 0.6 is 0 Å². The SMILES string of the molecule is CN(C)CCCN(C)C(=O)N1CCC[C@H]1C(=O)O. The Bertz CT molecular complexity index is 307. The van der Waals surface area contributed by atoms with Crippen LogP contribution in [0, 0.1) is 0 Å². The van der Waals surface area contributed by atoms with Gasteiger partial charge in [-0.2, -0.15) is 0 Å². The summed E-state index contributed by atoms with van der Waals surface area (Å²) in [6, 6.07) is -0.813. The maximum atomic E-state index is 12.1. The number of hydrogen-bond acceptors (Lipinski definition) is 3. The van der Waals surface area contributed by atoms with E-state index in [0.717, 1.165) is 19.4 Å². The van der Waals surface area contributed by atoms with Crippen molar-refractivity contribution in [2.24, 2.45) is 0 Å². The molecular weight excluding hydrogens is 234 g/mol. The highest BCUT2D eigenvalue weighted by Gasteiger charge is 2.35. The summed E-state index contributed by atoms with van der Waals surface area (Å²) < 4.78 is 0. The van der Waals surface area contributed by atoms with Crippen LogP contribution in [0.2, 0.25) is 0 Å². The average molecular weight is 257 g/mol. The monoisotopic (exact) mass is 257 g/mol. The van der Waals surface area contributed by atoms with Crippen LogP contribution in [0.4, 0.5) is 4.79 Å². The second-order valence-electron chi connectivity index (χ2n) is 5.05. The van der Waals surface area contributed by atoms with Gasteiger partial charge in [-0.05, 0) is 39.9 Å². The van der Waals surface area contributed by atoms with Crippen LogP contribution in [0.25, 0.3) is 0 Å². The number of hydrogen-bond donors (Lipinski definition) is 1. The number of carboxylic acid groups (broad SMARTS) is 1. The molecule has 18 heavy (non-hydrogen) atoms. The third kappa shape index (κ3) is 3.87. The summed E-state index contributed by atoms with van der Waals surface area (Å²) in [6.45, 7) is 2.12. The standard InChI is InChI=1S/C12H23N3O3/c1-13(2)7-5-8-14(3)12(18)15-9-4-6-10(15)11(16)17/h10H,4-9H2,1-3H3,(H,16,17)/t10-/m0/s1. The lowest BCUT2D eigenvalue weighted by molar-refractivity contribution is -0.141. The van der Waals surface area contributed by atoms with Gasteiger partial charge in [0.2, 0.25) is 0 Å². The highest BCUT2D eigenvalue weighted by molar-refractivity contribution is 5.83. The topological polar surface area (TPSA) is 64.1 Å². The zero-order valence-electron chi connectivity index (χ0n) is 11.4. The Balaban J connectivity index is 2.45. The first kappa shape index (κ1) is 14.8. The zero-order chi connectivity index (χ0) is 13.7. The fraction of sp³-hybridized carbons (Fsp3) is 0.833. The van der Waals surface area contributed by atoms with E-state index in [-0.39, 0.29) is 6.03 Å². The smallest absolute Gasteiger partial charge is 0.326 e. The summed E-state index contributed by atoms with van der Waals surface area (Å²) in [5.41, 5.74) is 0. The van der Waals surface area contributed by atoms with Crippen molar-refractivity contribution in [3.8, 4) is 0 Å². The van der Waals surface area contributed by atoms with Gasteiger partial charge in [-0.3, -0.25) is 0 Å². The van der Waals surface area contributed by atoms with Gasteiger partial charge in [-0.25, -0.2) is 9.59 Å². The quantitative estimate of drug-likeness (QED) is 0.780. The lowest BCUT2D eigenvalue weighted by Gasteiger charge is -2.27. The molecule has 2 amide bonds. The molecule has 1 aliphatic rings. The van der Waals surface area contributed by atoms with Crippen molar-refractivity contribution in [3.05, 3.63) is 0 Å². The van der Waals surface area contributed by atoms with E-state index in [1.54, 1.807) is 11.9 Å². The maximum Gasteiger partial charge on any atom is 0.326 e. The van der Waals surface area contributed by atoms with E-state index in [0.29, 0.717) is 19.5 Å². The molecule has 0 aromatic heterocycles. The summed E-state index contributed by atoms with van der Waals surface area (Å²) in [4.78, 5) is 28.3. The highest BCUT2D eigenvalue weighted by atomic mass is 16.4. The summed E-state index contributed by atoms with van der Waals surface area (Å²) in [7, 11) is 5.71. The van der Waals surface area contributed by atoms with Gasteiger partial charge in [0.05, 0.1) is 0 Å². The minimum atomic E-state index is -0.900. The minimum absolute atomic E-state index is 0.168. The molecule has 104 valence electrons. The molecule has 1 N–H and O–H groups in total. The molecule has 0 aliphatic carbocycles. The lowest BCUT2D eigenvalue weighted by Crippen LogP contribution is -2.47. The third-order valence-corrected chi connectivity index (χ3v) is 3.21. The van der Waals surface area contributed by atoms with Crippen LogP contribution in [0.1, 0.15) is 19.3 Å². The molecule has 6 heteroatoms. The summed E-state index contributed by atoms with van der Waals surface area (Å²) in [5.74, 6) is -0.900.